The van der Waals surface area contributed by atoms with Crippen LogP contribution < -0.4 is 5.73 Å². The standard InChI is InChI=1S/C14H17FN2O/c1-8(2)9(3)13-12(14(16)18-17-13)10-6-4-5-7-11(10)15/h4-9H,16H2,1-3H3. The summed E-state index contributed by atoms with van der Waals surface area (Å²) in [6.07, 6.45) is 0. The zero-order valence-electron chi connectivity index (χ0n) is 10.8. The molecule has 0 aliphatic rings. The molecule has 1 aromatic heterocycles. The Morgan fingerprint density at radius 1 is 1.22 bits per heavy atom. The Kier molecular flexibility index (Phi) is 3.36. The summed E-state index contributed by atoms with van der Waals surface area (Å²) in [7, 11) is 0. The van der Waals surface area contributed by atoms with E-state index in [1.165, 1.54) is 6.07 Å². The van der Waals surface area contributed by atoms with Crippen LogP contribution in [0.4, 0.5) is 10.3 Å². The number of benzene rings is 1. The van der Waals surface area contributed by atoms with Crippen molar-refractivity contribution in [2.45, 2.75) is 26.7 Å². The Hall–Kier alpha value is -1.84. The van der Waals surface area contributed by atoms with Crippen molar-refractivity contribution >= 4 is 5.88 Å². The van der Waals surface area contributed by atoms with Crippen molar-refractivity contribution in [1.29, 1.82) is 0 Å². The van der Waals surface area contributed by atoms with E-state index in [9.17, 15) is 4.39 Å². The molecule has 2 aromatic rings. The molecule has 96 valence electrons. The molecule has 2 N–H and O–H groups in total. The maximum atomic E-state index is 13.9. The first kappa shape index (κ1) is 12.6. The Balaban J connectivity index is 2.58. The average Bonchev–Trinajstić information content (AvgIpc) is 2.71. The number of hydrogen-bond acceptors (Lipinski definition) is 3. The number of aromatic nitrogens is 1. The lowest BCUT2D eigenvalue weighted by Crippen LogP contribution is -2.04. The van der Waals surface area contributed by atoms with Gasteiger partial charge in [0.15, 0.2) is 0 Å². The fraction of sp³-hybridized carbons (Fsp3) is 0.357. The van der Waals surface area contributed by atoms with Gasteiger partial charge >= 0.3 is 0 Å². The van der Waals surface area contributed by atoms with Crippen LogP contribution in [0.2, 0.25) is 0 Å². The molecule has 0 saturated heterocycles. The predicted octanol–water partition coefficient (Wildman–Crippen LogP) is 3.82. The zero-order valence-corrected chi connectivity index (χ0v) is 10.8. The van der Waals surface area contributed by atoms with Gasteiger partial charge in [-0.3, -0.25) is 0 Å². The minimum atomic E-state index is -0.315. The van der Waals surface area contributed by atoms with Gasteiger partial charge in [-0.1, -0.05) is 44.1 Å². The van der Waals surface area contributed by atoms with Crippen LogP contribution in [0.3, 0.4) is 0 Å². The number of halogens is 1. The zero-order chi connectivity index (χ0) is 13.3. The Bertz CT molecular complexity index is 548. The second-order valence-corrected chi connectivity index (χ2v) is 4.82. The molecule has 0 aliphatic heterocycles. The predicted molar refractivity (Wildman–Crippen MR) is 69.6 cm³/mol. The molecule has 0 saturated carbocycles. The van der Waals surface area contributed by atoms with Gasteiger partial charge in [0.2, 0.25) is 5.88 Å². The van der Waals surface area contributed by atoms with Crippen molar-refractivity contribution in [3.05, 3.63) is 35.8 Å². The number of nitrogens with two attached hydrogens (primary N) is 1. The van der Waals surface area contributed by atoms with Crippen molar-refractivity contribution in [3.8, 4) is 11.1 Å². The van der Waals surface area contributed by atoms with Crippen LogP contribution >= 0.6 is 0 Å². The highest BCUT2D eigenvalue weighted by Crippen LogP contribution is 2.37. The summed E-state index contributed by atoms with van der Waals surface area (Å²) in [6.45, 7) is 6.20. The Labute approximate surface area is 106 Å². The van der Waals surface area contributed by atoms with Gasteiger partial charge in [0, 0.05) is 11.5 Å². The smallest absolute Gasteiger partial charge is 0.230 e. The molecule has 1 heterocycles. The topological polar surface area (TPSA) is 52.0 Å². The third kappa shape index (κ3) is 2.10. The van der Waals surface area contributed by atoms with E-state index >= 15 is 0 Å². The second kappa shape index (κ2) is 4.80. The molecule has 0 fully saturated rings. The van der Waals surface area contributed by atoms with E-state index in [4.69, 9.17) is 10.3 Å². The molecule has 1 atom stereocenters. The van der Waals surface area contributed by atoms with Crippen LogP contribution in [-0.4, -0.2) is 5.16 Å². The Morgan fingerprint density at radius 2 is 1.89 bits per heavy atom. The van der Waals surface area contributed by atoms with Crippen LogP contribution in [0, 0.1) is 11.7 Å². The lowest BCUT2D eigenvalue weighted by atomic mass is 9.90. The number of hydrogen-bond donors (Lipinski definition) is 1. The second-order valence-electron chi connectivity index (χ2n) is 4.82. The molecule has 4 heteroatoms. The van der Waals surface area contributed by atoms with Crippen LogP contribution in [-0.2, 0) is 0 Å². The van der Waals surface area contributed by atoms with Crippen molar-refractivity contribution < 1.29 is 8.91 Å². The minimum absolute atomic E-state index is 0.153. The van der Waals surface area contributed by atoms with Crippen LogP contribution in [0.5, 0.6) is 0 Å². The highest BCUT2D eigenvalue weighted by Gasteiger charge is 2.24. The van der Waals surface area contributed by atoms with Crippen LogP contribution in [0.1, 0.15) is 32.4 Å². The van der Waals surface area contributed by atoms with Gasteiger partial charge in [-0.25, -0.2) is 4.39 Å². The largest absolute Gasteiger partial charge is 0.367 e. The van der Waals surface area contributed by atoms with E-state index in [0.29, 0.717) is 22.7 Å². The fourth-order valence-electron chi connectivity index (χ4n) is 1.88. The number of anilines is 1. The van der Waals surface area contributed by atoms with E-state index in [1.54, 1.807) is 18.2 Å². The van der Waals surface area contributed by atoms with Gasteiger partial charge in [-0.15, -0.1) is 0 Å². The lowest BCUT2D eigenvalue weighted by Gasteiger charge is -2.14. The fourth-order valence-corrected chi connectivity index (χ4v) is 1.88. The van der Waals surface area contributed by atoms with E-state index in [0.717, 1.165) is 0 Å². The van der Waals surface area contributed by atoms with Gasteiger partial charge < -0.3 is 10.3 Å². The van der Waals surface area contributed by atoms with Gasteiger partial charge in [0.1, 0.15) is 5.82 Å². The summed E-state index contributed by atoms with van der Waals surface area (Å²) in [4.78, 5) is 0. The molecule has 2 rings (SSSR count). The highest BCUT2D eigenvalue weighted by molar-refractivity contribution is 5.75. The van der Waals surface area contributed by atoms with Crippen molar-refractivity contribution in [1.82, 2.24) is 5.16 Å². The van der Waals surface area contributed by atoms with Crippen molar-refractivity contribution in [3.63, 3.8) is 0 Å². The summed E-state index contributed by atoms with van der Waals surface area (Å²) in [5, 5.41) is 3.99. The first-order valence-corrected chi connectivity index (χ1v) is 6.02. The summed E-state index contributed by atoms with van der Waals surface area (Å²) in [6, 6.07) is 6.52. The monoisotopic (exact) mass is 248 g/mol. The molecule has 0 aliphatic carbocycles. The molecule has 0 bridgehead atoms. The molecule has 0 amide bonds. The van der Waals surface area contributed by atoms with Gasteiger partial charge in [0.25, 0.3) is 0 Å². The quantitative estimate of drug-likeness (QED) is 0.898. The first-order valence-electron chi connectivity index (χ1n) is 6.02. The molecular weight excluding hydrogens is 231 g/mol. The third-order valence-electron chi connectivity index (χ3n) is 3.32. The summed E-state index contributed by atoms with van der Waals surface area (Å²) in [5.41, 5.74) is 7.52. The van der Waals surface area contributed by atoms with E-state index in [2.05, 4.69) is 19.0 Å². The lowest BCUT2D eigenvalue weighted by molar-refractivity contribution is 0.407. The van der Waals surface area contributed by atoms with Crippen molar-refractivity contribution in [2.75, 3.05) is 5.73 Å². The Morgan fingerprint density at radius 3 is 2.50 bits per heavy atom. The third-order valence-corrected chi connectivity index (χ3v) is 3.32. The molecular formula is C14H17FN2O. The number of rotatable bonds is 3. The van der Waals surface area contributed by atoms with Crippen LogP contribution in [0.15, 0.2) is 28.8 Å². The van der Waals surface area contributed by atoms with Gasteiger partial charge in [-0.05, 0) is 12.0 Å². The normalized spacial score (nSPS) is 12.9. The van der Waals surface area contributed by atoms with E-state index in [1.807, 2.05) is 6.92 Å². The van der Waals surface area contributed by atoms with Crippen molar-refractivity contribution in [2.24, 2.45) is 5.92 Å². The molecule has 0 radical (unpaired) electrons. The van der Waals surface area contributed by atoms with E-state index in [-0.39, 0.29) is 17.6 Å². The molecule has 1 unspecified atom stereocenters. The van der Waals surface area contributed by atoms with Gasteiger partial charge in [0.05, 0.1) is 11.3 Å². The maximum Gasteiger partial charge on any atom is 0.230 e. The summed E-state index contributed by atoms with van der Waals surface area (Å²) in [5.74, 6) is 0.382. The molecule has 18 heavy (non-hydrogen) atoms. The van der Waals surface area contributed by atoms with E-state index < -0.39 is 0 Å². The average molecular weight is 248 g/mol. The number of nitrogens with zero attached hydrogens (tertiary/aromatic N) is 1. The van der Waals surface area contributed by atoms with Crippen LogP contribution in [0.25, 0.3) is 11.1 Å². The summed E-state index contributed by atoms with van der Waals surface area (Å²) >= 11 is 0. The summed E-state index contributed by atoms with van der Waals surface area (Å²) < 4.78 is 18.9. The first-order chi connectivity index (χ1) is 8.52. The highest BCUT2D eigenvalue weighted by atomic mass is 19.1. The SMILES string of the molecule is CC(C)C(C)c1noc(N)c1-c1ccccc1F. The molecule has 3 nitrogen and oxygen atoms in total. The minimum Gasteiger partial charge on any atom is -0.367 e. The molecule has 0 spiro atoms. The maximum absolute atomic E-state index is 13.9. The molecule has 1 aromatic carbocycles. The van der Waals surface area contributed by atoms with Gasteiger partial charge in [-0.2, -0.15) is 0 Å². The number of nitrogen functional groups attached to an aromatic ring is 1.